The lowest BCUT2D eigenvalue weighted by atomic mass is 10.1. The highest BCUT2D eigenvalue weighted by Crippen LogP contribution is 2.35. The molecule has 180 valence electrons. The first-order chi connectivity index (χ1) is 17.7. The zero-order valence-electron chi connectivity index (χ0n) is 19.8. The van der Waals surface area contributed by atoms with Crippen LogP contribution in [-0.4, -0.2) is 49.1 Å². The Kier molecular flexibility index (Phi) is 4.93. The summed E-state index contributed by atoms with van der Waals surface area (Å²) in [5.41, 5.74) is 6.96. The van der Waals surface area contributed by atoms with E-state index in [-0.39, 0.29) is 11.8 Å². The van der Waals surface area contributed by atoms with Gasteiger partial charge in [0, 0.05) is 53.4 Å². The summed E-state index contributed by atoms with van der Waals surface area (Å²) in [5, 5.41) is 12.8. The Bertz CT molecular complexity index is 1590. The number of carbonyl (C=O) groups excluding carboxylic acids is 1. The minimum absolute atomic E-state index is 0.0609. The highest BCUT2D eigenvalue weighted by atomic mass is 16.2. The maximum absolute atomic E-state index is 12.2. The predicted molar refractivity (Wildman–Crippen MR) is 140 cm³/mol. The average Bonchev–Trinajstić information content (AvgIpc) is 3.55. The van der Waals surface area contributed by atoms with Gasteiger partial charge in [0.05, 0.1) is 35.0 Å². The van der Waals surface area contributed by atoms with Crippen molar-refractivity contribution in [3.8, 4) is 22.6 Å². The molecule has 0 spiro atoms. The molecule has 5 aromatic rings. The normalized spacial score (nSPS) is 16.1. The van der Waals surface area contributed by atoms with Gasteiger partial charge in [-0.15, -0.1) is 0 Å². The molecule has 0 radical (unpaired) electrons. The van der Waals surface area contributed by atoms with Crippen LogP contribution >= 0.6 is 0 Å². The van der Waals surface area contributed by atoms with Crippen molar-refractivity contribution in [3.05, 3.63) is 49.1 Å². The third-order valence-corrected chi connectivity index (χ3v) is 7.16. The zero-order chi connectivity index (χ0) is 24.1. The van der Waals surface area contributed by atoms with Crippen molar-refractivity contribution in [2.24, 2.45) is 5.92 Å². The monoisotopic (exact) mass is 478 g/mol. The molecule has 1 saturated carbocycles. The summed E-state index contributed by atoms with van der Waals surface area (Å²) < 4.78 is 0. The third-order valence-electron chi connectivity index (χ3n) is 7.16. The van der Waals surface area contributed by atoms with Gasteiger partial charge in [0.2, 0.25) is 5.91 Å². The van der Waals surface area contributed by atoms with Crippen molar-refractivity contribution >= 4 is 39.2 Å². The van der Waals surface area contributed by atoms with E-state index in [4.69, 9.17) is 0 Å². The summed E-state index contributed by atoms with van der Waals surface area (Å²) in [6, 6.07) is 8.19. The van der Waals surface area contributed by atoms with E-state index in [0.717, 1.165) is 70.5 Å². The molecule has 3 N–H and O–H groups in total. The molecular weight excluding hydrogens is 452 g/mol. The topological polar surface area (TPSA) is 115 Å². The van der Waals surface area contributed by atoms with Gasteiger partial charge in [-0.2, -0.15) is 5.10 Å². The lowest BCUT2D eigenvalue weighted by Crippen LogP contribution is -2.29. The smallest absolute Gasteiger partial charge is 0.227 e. The van der Waals surface area contributed by atoms with Crippen LogP contribution in [0.2, 0.25) is 0 Å². The fourth-order valence-electron chi connectivity index (χ4n) is 5.07. The van der Waals surface area contributed by atoms with E-state index in [1.165, 1.54) is 24.9 Å². The largest absolute Gasteiger partial charge is 0.371 e. The highest BCUT2D eigenvalue weighted by Gasteiger charge is 2.29. The number of aromatic nitrogens is 6. The molecule has 36 heavy (non-hydrogen) atoms. The molecule has 2 fully saturated rings. The Labute approximate surface area is 207 Å². The van der Waals surface area contributed by atoms with Gasteiger partial charge in [0.1, 0.15) is 11.3 Å². The molecule has 2 aliphatic rings. The van der Waals surface area contributed by atoms with Gasteiger partial charge in [0.25, 0.3) is 0 Å². The van der Waals surface area contributed by atoms with E-state index in [9.17, 15) is 4.79 Å². The maximum Gasteiger partial charge on any atom is 0.227 e. The Balaban J connectivity index is 1.25. The van der Waals surface area contributed by atoms with Crippen LogP contribution in [0, 0.1) is 5.92 Å². The minimum Gasteiger partial charge on any atom is -0.371 e. The van der Waals surface area contributed by atoms with E-state index in [1.807, 2.05) is 18.3 Å². The van der Waals surface area contributed by atoms with Crippen molar-refractivity contribution < 1.29 is 4.79 Å². The number of H-pyrrole nitrogens is 2. The van der Waals surface area contributed by atoms with E-state index in [2.05, 4.69) is 52.5 Å². The maximum atomic E-state index is 12.2. The van der Waals surface area contributed by atoms with Gasteiger partial charge >= 0.3 is 0 Å². The number of piperidine rings is 1. The SMILES string of the molecule is O=C(Nc1cncc(-c2cc3c(-c4cc5c(N6CCCCC6)ccnc5[nH]4)n[nH]c3cn2)c1)C1CC1. The number of fused-ring (bicyclic) bond motifs is 2. The van der Waals surface area contributed by atoms with E-state index in [1.54, 1.807) is 18.6 Å². The summed E-state index contributed by atoms with van der Waals surface area (Å²) >= 11 is 0. The van der Waals surface area contributed by atoms with Crippen molar-refractivity contribution in [3.63, 3.8) is 0 Å². The number of hydrogen-bond acceptors (Lipinski definition) is 6. The molecule has 0 aromatic carbocycles. The fourth-order valence-corrected chi connectivity index (χ4v) is 5.07. The second kappa shape index (κ2) is 8.44. The Hall–Kier alpha value is -4.27. The van der Waals surface area contributed by atoms with Gasteiger partial charge in [-0.05, 0) is 56.4 Å². The number of amides is 1. The average molecular weight is 479 g/mol. The molecule has 9 nitrogen and oxygen atoms in total. The first-order valence-electron chi connectivity index (χ1n) is 12.6. The number of hydrogen-bond donors (Lipinski definition) is 3. The summed E-state index contributed by atoms with van der Waals surface area (Å²) in [4.78, 5) is 31.6. The van der Waals surface area contributed by atoms with Crippen molar-refractivity contribution in [1.29, 1.82) is 0 Å². The molecule has 0 bridgehead atoms. The van der Waals surface area contributed by atoms with Crippen LogP contribution in [0.5, 0.6) is 0 Å². The number of rotatable bonds is 5. The van der Waals surface area contributed by atoms with Crippen LogP contribution < -0.4 is 10.2 Å². The second-order valence-electron chi connectivity index (χ2n) is 9.74. The number of aromatic amines is 2. The number of nitrogens with one attached hydrogen (secondary N) is 3. The fraction of sp³-hybridized carbons (Fsp3) is 0.296. The molecule has 0 atom stereocenters. The summed E-state index contributed by atoms with van der Waals surface area (Å²) in [6.07, 6.45) is 12.8. The van der Waals surface area contributed by atoms with E-state index < -0.39 is 0 Å². The highest BCUT2D eigenvalue weighted by molar-refractivity contribution is 5.99. The number of anilines is 2. The van der Waals surface area contributed by atoms with Crippen LogP contribution in [-0.2, 0) is 4.79 Å². The van der Waals surface area contributed by atoms with Crippen LogP contribution in [0.1, 0.15) is 32.1 Å². The van der Waals surface area contributed by atoms with Gasteiger partial charge in [-0.25, -0.2) is 4.98 Å². The van der Waals surface area contributed by atoms with E-state index in [0.29, 0.717) is 5.69 Å². The minimum atomic E-state index is 0.0609. The molecule has 1 amide bonds. The van der Waals surface area contributed by atoms with Crippen LogP contribution in [0.4, 0.5) is 11.4 Å². The first kappa shape index (κ1) is 21.0. The zero-order valence-corrected chi connectivity index (χ0v) is 19.8. The third kappa shape index (κ3) is 3.77. The lowest BCUT2D eigenvalue weighted by Gasteiger charge is -2.29. The van der Waals surface area contributed by atoms with Crippen molar-refractivity contribution in [2.45, 2.75) is 32.1 Å². The molecule has 9 heteroatoms. The van der Waals surface area contributed by atoms with Crippen molar-refractivity contribution in [2.75, 3.05) is 23.3 Å². The summed E-state index contributed by atoms with van der Waals surface area (Å²) in [5.74, 6) is 0.198. The Morgan fingerprint density at radius 1 is 1.00 bits per heavy atom. The summed E-state index contributed by atoms with van der Waals surface area (Å²) in [6.45, 7) is 2.16. The molecule has 1 aliphatic heterocycles. The van der Waals surface area contributed by atoms with Gasteiger partial charge < -0.3 is 15.2 Å². The van der Waals surface area contributed by atoms with E-state index >= 15 is 0 Å². The second-order valence-corrected chi connectivity index (χ2v) is 9.74. The number of nitrogens with zero attached hydrogens (tertiary/aromatic N) is 5. The Morgan fingerprint density at radius 3 is 2.75 bits per heavy atom. The van der Waals surface area contributed by atoms with Crippen LogP contribution in [0.25, 0.3) is 44.6 Å². The summed E-state index contributed by atoms with van der Waals surface area (Å²) in [7, 11) is 0. The van der Waals surface area contributed by atoms with Crippen molar-refractivity contribution in [1.82, 2.24) is 30.1 Å². The van der Waals surface area contributed by atoms with Gasteiger partial charge in [0.15, 0.2) is 0 Å². The standard InChI is InChI=1S/C27H26N8O/c36-27(16-4-5-16)31-18-10-17(13-28-14-18)21-11-19-23(15-30-21)33-34-25(19)22-12-20-24(6-7-29-26(20)32-22)35-8-2-1-3-9-35/h6-7,10-16H,1-5,8-9H2,(H,29,32)(H,31,36)(H,33,34). The molecule has 5 aromatic heterocycles. The quantitative estimate of drug-likeness (QED) is 0.331. The molecule has 7 rings (SSSR count). The molecule has 1 saturated heterocycles. The Morgan fingerprint density at radius 2 is 1.89 bits per heavy atom. The van der Waals surface area contributed by atoms with Gasteiger partial charge in [-0.1, -0.05) is 0 Å². The molecule has 1 aliphatic carbocycles. The molecule has 6 heterocycles. The number of carbonyl (C=O) groups is 1. The number of pyridine rings is 3. The predicted octanol–water partition coefficient (Wildman–Crippen LogP) is 4.90. The first-order valence-corrected chi connectivity index (χ1v) is 12.6. The molecule has 0 unspecified atom stereocenters. The molecular formula is C27H26N8O. The van der Waals surface area contributed by atoms with Crippen LogP contribution in [0.3, 0.4) is 0 Å². The van der Waals surface area contributed by atoms with Crippen LogP contribution in [0.15, 0.2) is 49.1 Å². The van der Waals surface area contributed by atoms with Gasteiger partial charge in [-0.3, -0.25) is 19.9 Å². The lowest BCUT2D eigenvalue weighted by molar-refractivity contribution is -0.117.